The Hall–Kier alpha value is -3.20. The molecule has 2 aromatic rings. The Bertz CT molecular complexity index is 1130. The van der Waals surface area contributed by atoms with Crippen LogP contribution in [-0.4, -0.2) is 40.7 Å². The summed E-state index contributed by atoms with van der Waals surface area (Å²) in [6.07, 6.45) is 2.05. The molecule has 1 aromatic carbocycles. The minimum Gasteiger partial charge on any atom is -0.366 e. The van der Waals surface area contributed by atoms with E-state index in [4.69, 9.17) is 5.73 Å². The van der Waals surface area contributed by atoms with E-state index in [0.29, 0.717) is 17.8 Å². The summed E-state index contributed by atoms with van der Waals surface area (Å²) in [6, 6.07) is 10.5. The Morgan fingerprint density at radius 2 is 1.91 bits per heavy atom. The zero-order chi connectivity index (χ0) is 24.0. The summed E-state index contributed by atoms with van der Waals surface area (Å²) in [6.45, 7) is 5.82. The monoisotopic (exact) mass is 468 g/mol. The van der Waals surface area contributed by atoms with Gasteiger partial charge in [0.25, 0.3) is 11.8 Å². The summed E-state index contributed by atoms with van der Waals surface area (Å²) in [5, 5.41) is 5.83. The number of thiophene rings is 1. The maximum atomic E-state index is 13.3. The first-order chi connectivity index (χ1) is 15.5. The molecule has 4 rings (SSSR count). The van der Waals surface area contributed by atoms with Gasteiger partial charge in [-0.15, -0.1) is 11.3 Å². The number of rotatable bonds is 5. The molecule has 8 nitrogen and oxygen atoms in total. The smallest absolute Gasteiger partial charge is 0.325 e. The second kappa shape index (κ2) is 8.30. The van der Waals surface area contributed by atoms with Crippen LogP contribution in [0.5, 0.6) is 0 Å². The number of hydrogen-bond donors (Lipinski definition) is 3. The van der Waals surface area contributed by atoms with Gasteiger partial charge in [0.1, 0.15) is 17.1 Å². The second-order valence-corrected chi connectivity index (χ2v) is 10.9. The van der Waals surface area contributed by atoms with Crippen molar-refractivity contribution in [1.29, 1.82) is 0 Å². The summed E-state index contributed by atoms with van der Waals surface area (Å²) in [5.74, 6) is -1.33. The van der Waals surface area contributed by atoms with Gasteiger partial charge in [-0.3, -0.25) is 19.3 Å². The molecular weight excluding hydrogens is 440 g/mol. The van der Waals surface area contributed by atoms with Gasteiger partial charge in [-0.2, -0.15) is 0 Å². The molecule has 2 aliphatic rings. The Morgan fingerprint density at radius 1 is 1.21 bits per heavy atom. The van der Waals surface area contributed by atoms with Crippen LogP contribution in [0.1, 0.15) is 50.4 Å². The van der Waals surface area contributed by atoms with Crippen LogP contribution >= 0.6 is 11.3 Å². The molecule has 1 saturated heterocycles. The van der Waals surface area contributed by atoms with Crippen LogP contribution in [0.3, 0.4) is 0 Å². The first-order valence-electron chi connectivity index (χ1n) is 10.9. The standard InChI is InChI=1S/C24H28N4O4S/c1-14-10-23(2,3)13-24(11-14)21(31)28(22(32)27-24)12-18(29)26-20-16(19(25)30)9-17(33-20)15-7-5-4-6-8-15/h4-9,14H,10-13H2,1-3H3,(H2,25,30)(H,26,29)(H,27,32)/t14-,24-/m1/s1. The van der Waals surface area contributed by atoms with Crippen LogP contribution in [0.25, 0.3) is 10.4 Å². The van der Waals surface area contributed by atoms with Crippen molar-refractivity contribution in [2.75, 3.05) is 11.9 Å². The van der Waals surface area contributed by atoms with Crippen LogP contribution in [0.4, 0.5) is 9.80 Å². The molecule has 1 aromatic heterocycles. The van der Waals surface area contributed by atoms with Crippen molar-refractivity contribution in [2.45, 2.75) is 45.6 Å². The molecule has 5 amide bonds. The van der Waals surface area contributed by atoms with Gasteiger partial charge in [0.2, 0.25) is 5.91 Å². The Morgan fingerprint density at radius 3 is 2.55 bits per heavy atom. The number of imide groups is 1. The summed E-state index contributed by atoms with van der Waals surface area (Å²) in [4.78, 5) is 52.4. The largest absolute Gasteiger partial charge is 0.366 e. The molecule has 9 heteroatoms. The van der Waals surface area contributed by atoms with Crippen molar-refractivity contribution in [3.05, 3.63) is 42.0 Å². The fourth-order valence-electron chi connectivity index (χ4n) is 5.37. The second-order valence-electron chi connectivity index (χ2n) is 9.89. The molecule has 33 heavy (non-hydrogen) atoms. The molecule has 4 N–H and O–H groups in total. The maximum Gasteiger partial charge on any atom is 0.325 e. The van der Waals surface area contributed by atoms with E-state index in [9.17, 15) is 19.2 Å². The van der Waals surface area contributed by atoms with E-state index in [2.05, 4.69) is 31.4 Å². The van der Waals surface area contributed by atoms with E-state index >= 15 is 0 Å². The van der Waals surface area contributed by atoms with Gasteiger partial charge < -0.3 is 16.4 Å². The topological polar surface area (TPSA) is 122 Å². The fraction of sp³-hybridized carbons (Fsp3) is 0.417. The average molecular weight is 469 g/mol. The van der Waals surface area contributed by atoms with Crippen molar-refractivity contribution in [2.24, 2.45) is 17.1 Å². The van der Waals surface area contributed by atoms with E-state index in [1.807, 2.05) is 30.3 Å². The van der Waals surface area contributed by atoms with Crippen LogP contribution in [-0.2, 0) is 9.59 Å². The molecule has 1 aliphatic carbocycles. The van der Waals surface area contributed by atoms with Crippen LogP contribution in [0, 0.1) is 11.3 Å². The summed E-state index contributed by atoms with van der Waals surface area (Å²) >= 11 is 1.21. The lowest BCUT2D eigenvalue weighted by Gasteiger charge is -2.43. The van der Waals surface area contributed by atoms with Gasteiger partial charge in [0.15, 0.2) is 0 Å². The molecule has 1 aliphatic heterocycles. The number of benzene rings is 1. The van der Waals surface area contributed by atoms with Crippen molar-refractivity contribution >= 4 is 40.1 Å². The molecule has 2 fully saturated rings. The van der Waals surface area contributed by atoms with Gasteiger partial charge in [-0.1, -0.05) is 51.1 Å². The highest BCUT2D eigenvalue weighted by Crippen LogP contribution is 2.46. The Kier molecular flexibility index (Phi) is 5.78. The number of nitrogens with zero attached hydrogens (tertiary/aromatic N) is 1. The number of nitrogens with one attached hydrogen (secondary N) is 2. The first-order valence-corrected chi connectivity index (χ1v) is 11.7. The number of nitrogens with two attached hydrogens (primary N) is 1. The van der Waals surface area contributed by atoms with Gasteiger partial charge in [-0.25, -0.2) is 4.79 Å². The predicted octanol–water partition coefficient (Wildman–Crippen LogP) is 3.59. The number of amides is 5. The minimum absolute atomic E-state index is 0.0972. The summed E-state index contributed by atoms with van der Waals surface area (Å²) in [5.41, 5.74) is 5.51. The average Bonchev–Trinajstić information content (AvgIpc) is 3.22. The number of anilines is 1. The Balaban J connectivity index is 1.51. The summed E-state index contributed by atoms with van der Waals surface area (Å²) < 4.78 is 0. The van der Waals surface area contributed by atoms with Crippen LogP contribution < -0.4 is 16.4 Å². The molecule has 2 atom stereocenters. The summed E-state index contributed by atoms with van der Waals surface area (Å²) in [7, 11) is 0. The zero-order valence-corrected chi connectivity index (χ0v) is 19.8. The van der Waals surface area contributed by atoms with E-state index in [1.54, 1.807) is 6.07 Å². The molecule has 174 valence electrons. The third kappa shape index (κ3) is 4.50. The Labute approximate surface area is 196 Å². The van der Waals surface area contributed by atoms with E-state index < -0.39 is 29.9 Å². The van der Waals surface area contributed by atoms with E-state index in [-0.39, 0.29) is 22.8 Å². The van der Waals surface area contributed by atoms with Crippen molar-refractivity contribution in [3.8, 4) is 10.4 Å². The maximum absolute atomic E-state index is 13.3. The molecule has 0 radical (unpaired) electrons. The zero-order valence-electron chi connectivity index (χ0n) is 18.9. The minimum atomic E-state index is -0.972. The number of carbonyl (C=O) groups is 4. The fourth-order valence-corrected chi connectivity index (χ4v) is 6.46. The molecule has 1 saturated carbocycles. The SMILES string of the molecule is C[C@@H]1CC(C)(C)C[C@@]2(C1)NC(=O)N(CC(=O)Nc1sc(-c3ccccc3)cc1C(N)=O)C2=O. The van der Waals surface area contributed by atoms with Crippen molar-refractivity contribution < 1.29 is 19.2 Å². The predicted molar refractivity (Wildman–Crippen MR) is 127 cm³/mol. The van der Waals surface area contributed by atoms with E-state index in [1.165, 1.54) is 11.3 Å². The molecule has 0 unspecified atom stereocenters. The number of hydrogen-bond acceptors (Lipinski definition) is 5. The number of primary amides is 1. The normalized spacial score (nSPS) is 24.1. The molecule has 0 bridgehead atoms. The molecular formula is C24H28N4O4S. The van der Waals surface area contributed by atoms with Crippen molar-refractivity contribution in [3.63, 3.8) is 0 Å². The van der Waals surface area contributed by atoms with Crippen LogP contribution in [0.15, 0.2) is 36.4 Å². The van der Waals surface area contributed by atoms with Crippen LogP contribution in [0.2, 0.25) is 0 Å². The highest BCUT2D eigenvalue weighted by atomic mass is 32.1. The number of urea groups is 1. The van der Waals surface area contributed by atoms with Gasteiger partial charge in [0, 0.05) is 4.88 Å². The highest BCUT2D eigenvalue weighted by molar-refractivity contribution is 7.20. The lowest BCUT2D eigenvalue weighted by Crippen LogP contribution is -2.54. The van der Waals surface area contributed by atoms with Crippen molar-refractivity contribution in [1.82, 2.24) is 10.2 Å². The highest BCUT2D eigenvalue weighted by Gasteiger charge is 2.56. The van der Waals surface area contributed by atoms with E-state index in [0.717, 1.165) is 21.8 Å². The molecule has 1 spiro atoms. The lowest BCUT2D eigenvalue weighted by atomic mass is 9.64. The third-order valence-electron chi connectivity index (χ3n) is 6.23. The van der Waals surface area contributed by atoms with Gasteiger partial charge >= 0.3 is 6.03 Å². The quantitative estimate of drug-likeness (QED) is 0.581. The lowest BCUT2D eigenvalue weighted by molar-refractivity contribution is -0.136. The number of carbonyl (C=O) groups excluding carboxylic acids is 4. The first kappa shape index (κ1) is 23.0. The van der Waals surface area contributed by atoms with Gasteiger partial charge in [0.05, 0.1) is 5.56 Å². The third-order valence-corrected chi connectivity index (χ3v) is 7.33. The molecule has 2 heterocycles. The van der Waals surface area contributed by atoms with Gasteiger partial charge in [-0.05, 0) is 42.2 Å².